The SMILES string of the molecule is COC1CCn2c(ccc2-c2ccc(NC(=O)c3cccc(C#N)c3)cc2)C1. The van der Waals surface area contributed by atoms with Crippen LogP contribution >= 0.6 is 0 Å². The molecule has 1 aromatic heterocycles. The van der Waals surface area contributed by atoms with E-state index < -0.39 is 0 Å². The molecule has 5 heteroatoms. The van der Waals surface area contributed by atoms with Crippen LogP contribution in [0.25, 0.3) is 11.3 Å². The second-order valence-electron chi connectivity index (χ2n) is 6.94. The van der Waals surface area contributed by atoms with Gasteiger partial charge in [-0.15, -0.1) is 0 Å². The van der Waals surface area contributed by atoms with Gasteiger partial charge in [-0.25, -0.2) is 0 Å². The lowest BCUT2D eigenvalue weighted by molar-refractivity contribution is 0.0812. The monoisotopic (exact) mass is 371 g/mol. The number of rotatable bonds is 4. The summed E-state index contributed by atoms with van der Waals surface area (Å²) in [5.41, 5.74) is 5.26. The normalized spacial score (nSPS) is 15.5. The second kappa shape index (κ2) is 7.71. The van der Waals surface area contributed by atoms with Crippen LogP contribution in [0.3, 0.4) is 0 Å². The zero-order valence-corrected chi connectivity index (χ0v) is 15.7. The topological polar surface area (TPSA) is 67.0 Å². The number of amides is 1. The van der Waals surface area contributed by atoms with E-state index in [-0.39, 0.29) is 5.91 Å². The first kappa shape index (κ1) is 18.0. The number of ether oxygens (including phenoxy) is 1. The highest BCUT2D eigenvalue weighted by Gasteiger charge is 2.20. The van der Waals surface area contributed by atoms with Crippen molar-refractivity contribution in [3.05, 3.63) is 77.5 Å². The van der Waals surface area contributed by atoms with Gasteiger partial charge >= 0.3 is 0 Å². The Bertz CT molecular complexity index is 1040. The summed E-state index contributed by atoms with van der Waals surface area (Å²) in [6.45, 7) is 0.948. The van der Waals surface area contributed by atoms with E-state index >= 15 is 0 Å². The summed E-state index contributed by atoms with van der Waals surface area (Å²) in [7, 11) is 1.77. The summed E-state index contributed by atoms with van der Waals surface area (Å²) in [5, 5.41) is 11.9. The Morgan fingerprint density at radius 1 is 1.18 bits per heavy atom. The minimum absolute atomic E-state index is 0.226. The van der Waals surface area contributed by atoms with Gasteiger partial charge in [0.1, 0.15) is 0 Å². The number of nitrogens with one attached hydrogen (secondary N) is 1. The van der Waals surface area contributed by atoms with Gasteiger partial charge in [0.05, 0.1) is 17.7 Å². The summed E-state index contributed by atoms with van der Waals surface area (Å²) in [6.07, 6.45) is 2.25. The van der Waals surface area contributed by atoms with Crippen molar-refractivity contribution in [2.45, 2.75) is 25.5 Å². The Balaban J connectivity index is 1.50. The third-order valence-electron chi connectivity index (χ3n) is 5.21. The van der Waals surface area contributed by atoms with Crippen LogP contribution in [0.15, 0.2) is 60.7 Å². The van der Waals surface area contributed by atoms with Gasteiger partial charge < -0.3 is 14.6 Å². The lowest BCUT2D eigenvalue weighted by Gasteiger charge is -2.24. The molecule has 0 saturated heterocycles. The van der Waals surface area contributed by atoms with Crippen LogP contribution in [0, 0.1) is 11.3 Å². The van der Waals surface area contributed by atoms with E-state index in [4.69, 9.17) is 10.00 Å². The fraction of sp³-hybridized carbons (Fsp3) is 0.217. The van der Waals surface area contributed by atoms with Crippen molar-refractivity contribution in [3.63, 3.8) is 0 Å². The average Bonchev–Trinajstić information content (AvgIpc) is 3.17. The molecule has 28 heavy (non-hydrogen) atoms. The number of nitrogens with zero attached hydrogens (tertiary/aromatic N) is 2. The van der Waals surface area contributed by atoms with E-state index in [9.17, 15) is 4.79 Å². The molecule has 1 unspecified atom stereocenters. The number of hydrogen-bond donors (Lipinski definition) is 1. The molecular formula is C23H21N3O2. The number of benzene rings is 2. The van der Waals surface area contributed by atoms with Gasteiger partial charge in [-0.2, -0.15) is 5.26 Å². The van der Waals surface area contributed by atoms with Crippen LogP contribution in [0.5, 0.6) is 0 Å². The molecule has 3 aromatic rings. The van der Waals surface area contributed by atoms with Crippen molar-refractivity contribution < 1.29 is 9.53 Å². The van der Waals surface area contributed by atoms with Crippen LogP contribution in [-0.2, 0) is 17.7 Å². The van der Waals surface area contributed by atoms with E-state index in [1.165, 1.54) is 11.4 Å². The molecule has 0 spiro atoms. The molecule has 1 aliphatic rings. The summed E-state index contributed by atoms with van der Waals surface area (Å²) in [6, 6.07) is 20.9. The lowest BCUT2D eigenvalue weighted by atomic mass is 10.1. The van der Waals surface area contributed by atoms with Crippen LogP contribution in [0.2, 0.25) is 0 Å². The molecule has 0 saturated carbocycles. The second-order valence-corrected chi connectivity index (χ2v) is 6.94. The van der Waals surface area contributed by atoms with E-state index in [0.717, 1.165) is 30.6 Å². The minimum atomic E-state index is -0.226. The van der Waals surface area contributed by atoms with Gasteiger partial charge in [0.2, 0.25) is 0 Å². The minimum Gasteiger partial charge on any atom is -0.381 e. The number of fused-ring (bicyclic) bond motifs is 1. The molecule has 4 rings (SSSR count). The first-order valence-corrected chi connectivity index (χ1v) is 9.31. The molecule has 1 atom stereocenters. The molecule has 1 aliphatic heterocycles. The van der Waals surface area contributed by atoms with Gasteiger partial charge in [-0.1, -0.05) is 18.2 Å². The van der Waals surface area contributed by atoms with E-state index in [2.05, 4.69) is 28.1 Å². The molecule has 2 heterocycles. The number of aromatic nitrogens is 1. The van der Waals surface area contributed by atoms with Crippen LogP contribution in [-0.4, -0.2) is 23.7 Å². The maximum atomic E-state index is 12.4. The summed E-state index contributed by atoms with van der Waals surface area (Å²) >= 11 is 0. The summed E-state index contributed by atoms with van der Waals surface area (Å²) in [5.74, 6) is -0.226. The maximum Gasteiger partial charge on any atom is 0.255 e. The molecule has 0 bridgehead atoms. The molecule has 5 nitrogen and oxygen atoms in total. The number of carbonyl (C=O) groups excluding carboxylic acids is 1. The van der Waals surface area contributed by atoms with E-state index in [1.807, 2.05) is 24.3 Å². The Morgan fingerprint density at radius 2 is 2.00 bits per heavy atom. The van der Waals surface area contributed by atoms with Crippen molar-refractivity contribution in [1.82, 2.24) is 4.57 Å². The quantitative estimate of drug-likeness (QED) is 0.746. The van der Waals surface area contributed by atoms with Crippen molar-refractivity contribution in [1.29, 1.82) is 5.26 Å². The standard InChI is InChI=1S/C23H21N3O2/c1-28-21-11-12-26-20(14-21)9-10-22(26)17-5-7-19(8-6-17)25-23(27)18-4-2-3-16(13-18)15-24/h2-10,13,21H,11-12,14H2,1H3,(H,25,27). The molecular weight excluding hydrogens is 350 g/mol. The predicted molar refractivity (Wildman–Crippen MR) is 108 cm³/mol. The number of nitriles is 1. The lowest BCUT2D eigenvalue weighted by Crippen LogP contribution is -2.24. The van der Waals surface area contributed by atoms with Gasteiger partial charge in [0.15, 0.2) is 0 Å². The molecule has 140 valence electrons. The zero-order chi connectivity index (χ0) is 19.5. The van der Waals surface area contributed by atoms with Crippen molar-refractivity contribution >= 4 is 11.6 Å². The largest absolute Gasteiger partial charge is 0.381 e. The van der Waals surface area contributed by atoms with Gasteiger partial charge in [0, 0.05) is 42.7 Å². The highest BCUT2D eigenvalue weighted by atomic mass is 16.5. The van der Waals surface area contributed by atoms with Crippen molar-refractivity contribution in [2.75, 3.05) is 12.4 Å². The molecule has 1 N–H and O–H groups in total. The number of methoxy groups -OCH3 is 1. The molecule has 0 radical (unpaired) electrons. The third-order valence-corrected chi connectivity index (χ3v) is 5.21. The smallest absolute Gasteiger partial charge is 0.255 e. The third kappa shape index (κ3) is 3.55. The first-order chi connectivity index (χ1) is 13.7. The highest BCUT2D eigenvalue weighted by molar-refractivity contribution is 6.04. The maximum absolute atomic E-state index is 12.4. The molecule has 1 amide bonds. The fourth-order valence-electron chi connectivity index (χ4n) is 3.67. The van der Waals surface area contributed by atoms with Crippen LogP contribution < -0.4 is 5.32 Å². The highest BCUT2D eigenvalue weighted by Crippen LogP contribution is 2.28. The molecule has 0 fully saturated rings. The Hall–Kier alpha value is -3.36. The number of hydrogen-bond acceptors (Lipinski definition) is 3. The summed E-state index contributed by atoms with van der Waals surface area (Å²) in [4.78, 5) is 12.4. The van der Waals surface area contributed by atoms with Gasteiger partial charge in [-0.3, -0.25) is 4.79 Å². The van der Waals surface area contributed by atoms with Crippen LogP contribution in [0.1, 0.15) is 28.0 Å². The van der Waals surface area contributed by atoms with Gasteiger partial charge in [-0.05, 0) is 54.4 Å². The van der Waals surface area contributed by atoms with E-state index in [1.54, 1.807) is 31.4 Å². The number of carbonyl (C=O) groups is 1. The first-order valence-electron chi connectivity index (χ1n) is 9.31. The Kier molecular flexibility index (Phi) is 4.96. The predicted octanol–water partition coefficient (Wildman–Crippen LogP) is 4.24. The van der Waals surface area contributed by atoms with Gasteiger partial charge in [0.25, 0.3) is 5.91 Å². The number of anilines is 1. The van der Waals surface area contributed by atoms with E-state index in [0.29, 0.717) is 17.2 Å². The Labute approximate surface area is 164 Å². The van der Waals surface area contributed by atoms with Crippen molar-refractivity contribution in [3.8, 4) is 17.3 Å². The zero-order valence-electron chi connectivity index (χ0n) is 15.7. The molecule has 0 aliphatic carbocycles. The fourth-order valence-corrected chi connectivity index (χ4v) is 3.67. The average molecular weight is 371 g/mol. The molecule has 2 aromatic carbocycles. The van der Waals surface area contributed by atoms with Crippen molar-refractivity contribution in [2.24, 2.45) is 0 Å². The van der Waals surface area contributed by atoms with Crippen LogP contribution in [0.4, 0.5) is 5.69 Å². The summed E-state index contributed by atoms with van der Waals surface area (Å²) < 4.78 is 7.84. The Morgan fingerprint density at radius 3 is 2.75 bits per heavy atom.